The fourth-order valence-electron chi connectivity index (χ4n) is 2.34. The standard InChI is InChI=1S/C15H14ClN3/c1-10(2)11-6-3-4-7-12(11)13-8-5-9-19-14(13)17-15(16)18-19/h3-10H,1-2H3. The number of hydrogen-bond acceptors (Lipinski definition) is 2. The fraction of sp³-hybridized carbons (Fsp3) is 0.200. The summed E-state index contributed by atoms with van der Waals surface area (Å²) in [5.41, 5.74) is 4.34. The minimum atomic E-state index is 0.273. The molecule has 0 aliphatic carbocycles. The molecule has 0 bridgehead atoms. The van der Waals surface area contributed by atoms with Gasteiger partial charge in [0.25, 0.3) is 0 Å². The third-order valence-electron chi connectivity index (χ3n) is 3.21. The molecule has 3 rings (SSSR count). The van der Waals surface area contributed by atoms with Crippen LogP contribution in [0.15, 0.2) is 42.6 Å². The molecule has 19 heavy (non-hydrogen) atoms. The summed E-state index contributed by atoms with van der Waals surface area (Å²) in [5.74, 6) is 0.454. The van der Waals surface area contributed by atoms with E-state index in [0.717, 1.165) is 11.2 Å². The number of aromatic nitrogens is 3. The topological polar surface area (TPSA) is 30.2 Å². The van der Waals surface area contributed by atoms with E-state index in [1.807, 2.05) is 18.3 Å². The van der Waals surface area contributed by atoms with E-state index in [-0.39, 0.29) is 5.28 Å². The second-order valence-corrected chi connectivity index (χ2v) is 5.15. The van der Waals surface area contributed by atoms with Gasteiger partial charge in [-0.15, -0.1) is 5.10 Å². The van der Waals surface area contributed by atoms with Crippen LogP contribution in [0.1, 0.15) is 25.3 Å². The van der Waals surface area contributed by atoms with Crippen LogP contribution in [0.3, 0.4) is 0 Å². The van der Waals surface area contributed by atoms with Crippen LogP contribution in [0, 0.1) is 0 Å². The van der Waals surface area contributed by atoms with Crippen molar-refractivity contribution in [1.82, 2.24) is 14.6 Å². The van der Waals surface area contributed by atoms with Gasteiger partial charge in [-0.3, -0.25) is 0 Å². The summed E-state index contributed by atoms with van der Waals surface area (Å²) < 4.78 is 1.72. The van der Waals surface area contributed by atoms with Gasteiger partial charge in [-0.2, -0.15) is 4.98 Å². The van der Waals surface area contributed by atoms with E-state index in [4.69, 9.17) is 11.6 Å². The first kappa shape index (κ1) is 12.2. The van der Waals surface area contributed by atoms with E-state index in [0.29, 0.717) is 5.92 Å². The average molecular weight is 272 g/mol. The van der Waals surface area contributed by atoms with E-state index >= 15 is 0 Å². The highest BCUT2D eigenvalue weighted by Crippen LogP contribution is 2.31. The van der Waals surface area contributed by atoms with Gasteiger partial charge in [-0.25, -0.2) is 4.52 Å². The van der Waals surface area contributed by atoms with Crippen LogP contribution in [0.2, 0.25) is 5.28 Å². The molecule has 0 saturated heterocycles. The molecule has 0 N–H and O–H groups in total. The summed E-state index contributed by atoms with van der Waals surface area (Å²) in [7, 11) is 0. The molecule has 2 heterocycles. The molecule has 0 fully saturated rings. The Morgan fingerprint density at radius 2 is 1.79 bits per heavy atom. The van der Waals surface area contributed by atoms with Gasteiger partial charge in [-0.05, 0) is 40.8 Å². The molecule has 2 aromatic heterocycles. The summed E-state index contributed by atoms with van der Waals surface area (Å²) in [5, 5.41) is 4.42. The van der Waals surface area contributed by atoms with Crippen molar-refractivity contribution in [2.24, 2.45) is 0 Å². The molecule has 0 amide bonds. The van der Waals surface area contributed by atoms with E-state index in [2.05, 4.69) is 48.2 Å². The maximum atomic E-state index is 5.90. The zero-order valence-corrected chi connectivity index (χ0v) is 11.6. The van der Waals surface area contributed by atoms with Crippen LogP contribution >= 0.6 is 11.6 Å². The molecule has 3 aromatic rings. The highest BCUT2D eigenvalue weighted by Gasteiger charge is 2.13. The zero-order chi connectivity index (χ0) is 13.4. The van der Waals surface area contributed by atoms with Crippen LogP contribution < -0.4 is 0 Å². The van der Waals surface area contributed by atoms with E-state index in [1.165, 1.54) is 11.1 Å². The molecule has 1 aromatic carbocycles. The predicted octanol–water partition coefficient (Wildman–Crippen LogP) is 4.17. The summed E-state index contributed by atoms with van der Waals surface area (Å²) in [6.45, 7) is 4.38. The maximum absolute atomic E-state index is 5.90. The number of fused-ring (bicyclic) bond motifs is 1. The first-order chi connectivity index (χ1) is 9.16. The van der Waals surface area contributed by atoms with E-state index < -0.39 is 0 Å². The summed E-state index contributed by atoms with van der Waals surface area (Å²) in [6, 6.07) is 12.4. The number of halogens is 1. The van der Waals surface area contributed by atoms with Crippen LogP contribution in [-0.2, 0) is 0 Å². The van der Waals surface area contributed by atoms with Crippen molar-refractivity contribution in [1.29, 1.82) is 0 Å². The third-order valence-corrected chi connectivity index (χ3v) is 3.37. The maximum Gasteiger partial charge on any atom is 0.243 e. The molecule has 3 nitrogen and oxygen atoms in total. The lowest BCUT2D eigenvalue weighted by Gasteiger charge is -2.12. The van der Waals surface area contributed by atoms with Gasteiger partial charge in [0.2, 0.25) is 5.28 Å². The smallest absolute Gasteiger partial charge is 0.219 e. The summed E-state index contributed by atoms with van der Waals surface area (Å²) in [6.07, 6.45) is 1.86. The Kier molecular flexibility index (Phi) is 2.99. The lowest BCUT2D eigenvalue weighted by atomic mass is 9.93. The van der Waals surface area contributed by atoms with Crippen LogP contribution in [0.4, 0.5) is 0 Å². The van der Waals surface area contributed by atoms with Gasteiger partial charge in [0.05, 0.1) is 0 Å². The van der Waals surface area contributed by atoms with E-state index in [1.54, 1.807) is 4.52 Å². The molecule has 0 unspecified atom stereocenters. The van der Waals surface area contributed by atoms with Crippen molar-refractivity contribution in [3.63, 3.8) is 0 Å². The molecule has 0 saturated carbocycles. The van der Waals surface area contributed by atoms with Gasteiger partial charge in [0.1, 0.15) is 0 Å². The van der Waals surface area contributed by atoms with Gasteiger partial charge >= 0.3 is 0 Å². The first-order valence-corrected chi connectivity index (χ1v) is 6.65. The Morgan fingerprint density at radius 3 is 2.58 bits per heavy atom. The van der Waals surface area contributed by atoms with Crippen LogP contribution in [0.25, 0.3) is 16.8 Å². The fourth-order valence-corrected chi connectivity index (χ4v) is 2.50. The first-order valence-electron chi connectivity index (χ1n) is 6.27. The molecule has 4 heteroatoms. The van der Waals surface area contributed by atoms with Crippen molar-refractivity contribution in [3.05, 3.63) is 53.4 Å². The highest BCUT2D eigenvalue weighted by molar-refractivity contribution is 6.28. The number of hydrogen-bond donors (Lipinski definition) is 0. The van der Waals surface area contributed by atoms with Crippen molar-refractivity contribution in [2.75, 3.05) is 0 Å². The van der Waals surface area contributed by atoms with Crippen molar-refractivity contribution < 1.29 is 0 Å². The lowest BCUT2D eigenvalue weighted by molar-refractivity contribution is 0.868. The quantitative estimate of drug-likeness (QED) is 0.700. The Balaban J connectivity index is 2.30. The normalized spacial score (nSPS) is 11.4. The van der Waals surface area contributed by atoms with Crippen molar-refractivity contribution >= 4 is 17.2 Å². The van der Waals surface area contributed by atoms with Gasteiger partial charge in [0.15, 0.2) is 5.65 Å². The Hall–Kier alpha value is -1.87. The Morgan fingerprint density at radius 1 is 1.05 bits per heavy atom. The van der Waals surface area contributed by atoms with Gasteiger partial charge in [-0.1, -0.05) is 38.1 Å². The minimum Gasteiger partial charge on any atom is -0.219 e. The zero-order valence-electron chi connectivity index (χ0n) is 10.8. The monoisotopic (exact) mass is 271 g/mol. The number of rotatable bonds is 2. The van der Waals surface area contributed by atoms with Crippen molar-refractivity contribution in [2.45, 2.75) is 19.8 Å². The van der Waals surface area contributed by atoms with Gasteiger partial charge < -0.3 is 0 Å². The number of benzene rings is 1. The lowest BCUT2D eigenvalue weighted by Crippen LogP contribution is -1.95. The average Bonchev–Trinajstić information content (AvgIpc) is 2.78. The molecule has 0 aliphatic rings. The second kappa shape index (κ2) is 4.67. The molecule has 0 atom stereocenters. The van der Waals surface area contributed by atoms with Crippen LogP contribution in [-0.4, -0.2) is 14.6 Å². The predicted molar refractivity (Wildman–Crippen MR) is 77.5 cm³/mol. The van der Waals surface area contributed by atoms with Crippen LogP contribution in [0.5, 0.6) is 0 Å². The molecule has 0 radical (unpaired) electrons. The Labute approximate surface area is 116 Å². The molecular weight excluding hydrogens is 258 g/mol. The minimum absolute atomic E-state index is 0.273. The van der Waals surface area contributed by atoms with Gasteiger partial charge in [0, 0.05) is 11.8 Å². The number of nitrogens with zero attached hydrogens (tertiary/aromatic N) is 3. The molecular formula is C15H14ClN3. The molecule has 96 valence electrons. The SMILES string of the molecule is CC(C)c1ccccc1-c1cccn2nc(Cl)nc12. The molecule has 0 aliphatic heterocycles. The Bertz CT molecular complexity index is 731. The summed E-state index contributed by atoms with van der Waals surface area (Å²) in [4.78, 5) is 4.31. The highest BCUT2D eigenvalue weighted by atomic mass is 35.5. The second-order valence-electron chi connectivity index (χ2n) is 4.81. The third kappa shape index (κ3) is 2.10. The van der Waals surface area contributed by atoms with Crippen molar-refractivity contribution in [3.8, 4) is 11.1 Å². The summed E-state index contributed by atoms with van der Waals surface area (Å²) >= 11 is 5.90. The number of pyridine rings is 1. The van der Waals surface area contributed by atoms with E-state index in [9.17, 15) is 0 Å². The molecule has 0 spiro atoms. The largest absolute Gasteiger partial charge is 0.243 e.